The van der Waals surface area contributed by atoms with Gasteiger partial charge in [-0.05, 0) is 12.1 Å². The van der Waals surface area contributed by atoms with Crippen LogP contribution in [-0.2, 0) is 9.53 Å². The molecule has 0 unspecified atom stereocenters. The summed E-state index contributed by atoms with van der Waals surface area (Å²) in [6.45, 7) is 0. The van der Waals surface area contributed by atoms with E-state index in [1.54, 1.807) is 12.5 Å². The van der Waals surface area contributed by atoms with Gasteiger partial charge in [0.05, 0.1) is 19.6 Å². The molecule has 0 atom stereocenters. The molecule has 5 nitrogen and oxygen atoms in total. The van der Waals surface area contributed by atoms with Crippen LogP contribution in [0.5, 0.6) is 0 Å². The molecule has 0 radical (unpaired) electrons. The lowest BCUT2D eigenvalue weighted by molar-refractivity contribution is -0.130. The lowest BCUT2D eigenvalue weighted by atomic mass is 10.7. The zero-order chi connectivity index (χ0) is 9.40. The number of carboxylic acids is 1. The van der Waals surface area contributed by atoms with Crippen molar-refractivity contribution in [2.45, 2.75) is 0 Å². The van der Waals surface area contributed by atoms with Crippen molar-refractivity contribution in [2.75, 3.05) is 7.11 Å². The first kappa shape index (κ1) is 10.2. The van der Waals surface area contributed by atoms with Gasteiger partial charge in [-0.25, -0.2) is 4.79 Å². The van der Waals surface area contributed by atoms with Gasteiger partial charge in [-0.3, -0.25) is 5.41 Å². The van der Waals surface area contributed by atoms with E-state index in [1.165, 1.54) is 0 Å². The third kappa shape index (κ3) is 5.04. The number of carboxylic acid groups (broad SMARTS) is 1. The van der Waals surface area contributed by atoms with Gasteiger partial charge in [-0.15, -0.1) is 0 Å². The zero-order valence-electron chi connectivity index (χ0n) is 6.48. The second-order valence-corrected chi connectivity index (χ2v) is 1.63. The van der Waals surface area contributed by atoms with Crippen molar-refractivity contribution in [1.82, 2.24) is 0 Å². The number of methoxy groups -OCH3 is 1. The van der Waals surface area contributed by atoms with Gasteiger partial charge in [-0.1, -0.05) is 0 Å². The predicted octanol–water partition coefficient (Wildman–Crippen LogP) is 0.974. The second kappa shape index (κ2) is 5.96. The van der Waals surface area contributed by atoms with Crippen LogP contribution in [0.2, 0.25) is 0 Å². The minimum atomic E-state index is -1.34. The van der Waals surface area contributed by atoms with Crippen molar-refractivity contribution >= 4 is 11.9 Å². The van der Waals surface area contributed by atoms with E-state index >= 15 is 0 Å². The molecule has 1 aromatic rings. The molecule has 0 saturated heterocycles. The monoisotopic (exact) mass is 171 g/mol. The normalized spacial score (nSPS) is 7.75. The van der Waals surface area contributed by atoms with Crippen LogP contribution in [0.25, 0.3) is 0 Å². The average Bonchev–Trinajstić information content (AvgIpc) is 2.59. The molecule has 2 N–H and O–H groups in total. The Morgan fingerprint density at radius 2 is 2.00 bits per heavy atom. The molecule has 1 rings (SSSR count). The first-order valence-corrected chi connectivity index (χ1v) is 3.01. The Balaban J connectivity index is 0.000000211. The Morgan fingerprint density at radius 3 is 2.08 bits per heavy atom. The van der Waals surface area contributed by atoms with E-state index in [9.17, 15) is 4.79 Å². The molecule has 0 aliphatic rings. The van der Waals surface area contributed by atoms with Gasteiger partial charge in [0, 0.05) is 0 Å². The summed E-state index contributed by atoms with van der Waals surface area (Å²) in [6, 6.07) is 3.67. The molecule has 1 heterocycles. The van der Waals surface area contributed by atoms with Crippen LogP contribution in [0.4, 0.5) is 0 Å². The predicted molar refractivity (Wildman–Crippen MR) is 41.1 cm³/mol. The Labute approximate surface area is 69.1 Å². The Hall–Kier alpha value is -1.78. The van der Waals surface area contributed by atoms with Gasteiger partial charge in [0.1, 0.15) is 0 Å². The minimum absolute atomic E-state index is 0.736. The Bertz CT molecular complexity index is 212. The van der Waals surface area contributed by atoms with E-state index in [-0.39, 0.29) is 0 Å². The summed E-state index contributed by atoms with van der Waals surface area (Å²) < 4.78 is 8.58. The van der Waals surface area contributed by atoms with Crippen molar-refractivity contribution in [1.29, 1.82) is 5.41 Å². The fraction of sp³-hybridized carbons (Fsp3) is 0.143. The highest BCUT2D eigenvalue weighted by molar-refractivity contribution is 6.30. The summed E-state index contributed by atoms with van der Waals surface area (Å²) in [5.74, 6) is -2.08. The number of ether oxygens (including phenoxy) is 1. The minimum Gasteiger partial charge on any atom is -0.476 e. The maximum absolute atomic E-state index is 9.58. The Morgan fingerprint density at radius 1 is 1.50 bits per heavy atom. The summed E-state index contributed by atoms with van der Waals surface area (Å²) >= 11 is 0. The van der Waals surface area contributed by atoms with Crippen molar-refractivity contribution in [3.63, 3.8) is 0 Å². The number of nitrogens with one attached hydrogen (secondary N) is 1. The van der Waals surface area contributed by atoms with Gasteiger partial charge < -0.3 is 14.3 Å². The highest BCUT2D eigenvalue weighted by atomic mass is 16.5. The molecule has 0 fully saturated rings. The first-order chi connectivity index (χ1) is 5.68. The summed E-state index contributed by atoms with van der Waals surface area (Å²) in [5.41, 5.74) is 0. The number of hydrogen-bond donors (Lipinski definition) is 2. The number of rotatable bonds is 0. The fourth-order valence-electron chi connectivity index (χ4n) is 0.314. The van der Waals surface area contributed by atoms with E-state index in [1.807, 2.05) is 12.1 Å². The molecule has 0 amide bonds. The standard InChI is InChI=1S/C4H4O.C3H5NO3/c1-2-4-5-3-1;1-7-2(4)3(5)6/h1-4H;4H,1H3,(H,5,6). The molecule has 0 aliphatic heterocycles. The number of carbonyl (C=O) groups is 1. The van der Waals surface area contributed by atoms with Crippen LogP contribution < -0.4 is 0 Å². The van der Waals surface area contributed by atoms with Crippen molar-refractivity contribution in [3.05, 3.63) is 24.7 Å². The highest BCUT2D eigenvalue weighted by Crippen LogP contribution is 1.79. The van der Waals surface area contributed by atoms with Crippen LogP contribution >= 0.6 is 0 Å². The molecule has 12 heavy (non-hydrogen) atoms. The van der Waals surface area contributed by atoms with Gasteiger partial charge in [0.25, 0.3) is 5.90 Å². The molecule has 0 spiro atoms. The topological polar surface area (TPSA) is 83.5 Å². The number of furan rings is 1. The summed E-state index contributed by atoms with van der Waals surface area (Å²) in [4.78, 5) is 9.58. The third-order valence-electron chi connectivity index (χ3n) is 0.824. The number of hydrogen-bond acceptors (Lipinski definition) is 4. The zero-order valence-corrected chi connectivity index (χ0v) is 6.48. The van der Waals surface area contributed by atoms with Gasteiger partial charge in [-0.2, -0.15) is 0 Å². The molecule has 0 aliphatic carbocycles. The smallest absolute Gasteiger partial charge is 0.391 e. The van der Waals surface area contributed by atoms with Crippen molar-refractivity contribution in [3.8, 4) is 0 Å². The van der Waals surface area contributed by atoms with Crippen LogP contribution in [0.15, 0.2) is 29.1 Å². The lowest BCUT2D eigenvalue weighted by Gasteiger charge is -1.89. The van der Waals surface area contributed by atoms with E-state index in [4.69, 9.17) is 10.5 Å². The lowest BCUT2D eigenvalue weighted by Crippen LogP contribution is -2.12. The summed E-state index contributed by atoms with van der Waals surface area (Å²) in [5, 5.41) is 14.2. The van der Waals surface area contributed by atoms with Crippen LogP contribution in [-0.4, -0.2) is 24.1 Å². The highest BCUT2D eigenvalue weighted by Gasteiger charge is 2.02. The molecule has 0 aromatic carbocycles. The fourth-order valence-corrected chi connectivity index (χ4v) is 0.314. The average molecular weight is 171 g/mol. The van der Waals surface area contributed by atoms with E-state index in [0.29, 0.717) is 0 Å². The largest absolute Gasteiger partial charge is 0.476 e. The van der Waals surface area contributed by atoms with Crippen LogP contribution in [0.1, 0.15) is 0 Å². The second-order valence-electron chi connectivity index (χ2n) is 1.63. The molecular weight excluding hydrogens is 162 g/mol. The number of aliphatic carboxylic acids is 1. The van der Waals surface area contributed by atoms with Crippen LogP contribution in [0.3, 0.4) is 0 Å². The van der Waals surface area contributed by atoms with E-state index < -0.39 is 11.9 Å². The van der Waals surface area contributed by atoms with E-state index in [2.05, 4.69) is 9.15 Å². The van der Waals surface area contributed by atoms with Gasteiger partial charge in [0.15, 0.2) is 0 Å². The molecule has 0 bridgehead atoms. The van der Waals surface area contributed by atoms with Crippen molar-refractivity contribution in [2.24, 2.45) is 0 Å². The quantitative estimate of drug-likeness (QED) is 0.450. The molecule has 0 saturated carbocycles. The summed E-state index contributed by atoms with van der Waals surface area (Å²) in [6.07, 6.45) is 3.25. The van der Waals surface area contributed by atoms with Gasteiger partial charge >= 0.3 is 5.97 Å². The first-order valence-electron chi connectivity index (χ1n) is 3.01. The molecule has 66 valence electrons. The van der Waals surface area contributed by atoms with Crippen molar-refractivity contribution < 1.29 is 19.1 Å². The summed E-state index contributed by atoms with van der Waals surface area (Å²) in [7, 11) is 1.14. The Kier molecular flexibility index (Phi) is 5.08. The molecular formula is C7H9NO4. The van der Waals surface area contributed by atoms with Gasteiger partial charge in [0.2, 0.25) is 0 Å². The molecule has 1 aromatic heterocycles. The van der Waals surface area contributed by atoms with E-state index in [0.717, 1.165) is 7.11 Å². The molecule has 5 heteroatoms. The maximum atomic E-state index is 9.58. The third-order valence-corrected chi connectivity index (χ3v) is 0.824. The van der Waals surface area contributed by atoms with Crippen LogP contribution in [0, 0.1) is 5.41 Å². The maximum Gasteiger partial charge on any atom is 0.391 e. The SMILES string of the molecule is COC(=N)C(=O)O.c1ccoc1.